The van der Waals surface area contributed by atoms with E-state index in [1.54, 1.807) is 6.08 Å². The Morgan fingerprint density at radius 1 is 0.373 bits per heavy atom. The van der Waals surface area contributed by atoms with Crippen LogP contribution in [0.4, 0.5) is 0 Å². The molecule has 0 rings (SSSR count). The van der Waals surface area contributed by atoms with E-state index in [0.717, 1.165) is 103 Å². The summed E-state index contributed by atoms with van der Waals surface area (Å²) in [4.78, 5) is 12.5. The SMILES string of the molecule is CC/C=C\C/C=C\C/C=C\C/C=C\C/C=C\C/C=C\C/C=C\C/C=C\C/C=C\CCCCCCCCCCCC(=O)NC(CO)C(O)/C=C/CC/C=C/CC/C=C/CCCCCCCCCC. The fraction of sp³-hybridized carbons (Fsp3) is 0.603. The average molecular weight is 923 g/mol. The van der Waals surface area contributed by atoms with Crippen LogP contribution in [0.5, 0.6) is 0 Å². The van der Waals surface area contributed by atoms with Gasteiger partial charge in [-0.05, 0) is 116 Å². The third-order valence-electron chi connectivity index (χ3n) is 11.5. The smallest absolute Gasteiger partial charge is 0.220 e. The summed E-state index contributed by atoms with van der Waals surface area (Å²) in [5.41, 5.74) is 0. The van der Waals surface area contributed by atoms with Crippen LogP contribution in [0.25, 0.3) is 0 Å². The van der Waals surface area contributed by atoms with Gasteiger partial charge in [0.05, 0.1) is 18.8 Å². The molecule has 378 valence electrons. The summed E-state index contributed by atoms with van der Waals surface area (Å²) in [6, 6.07) is -0.659. The molecule has 0 aliphatic rings. The first-order valence-corrected chi connectivity index (χ1v) is 27.5. The molecule has 2 atom stereocenters. The largest absolute Gasteiger partial charge is 0.394 e. The van der Waals surface area contributed by atoms with Crippen molar-refractivity contribution in [2.75, 3.05) is 6.61 Å². The van der Waals surface area contributed by atoms with Gasteiger partial charge in [0, 0.05) is 6.42 Å². The second-order valence-electron chi connectivity index (χ2n) is 17.9. The van der Waals surface area contributed by atoms with Crippen LogP contribution in [0, 0.1) is 0 Å². The first-order chi connectivity index (χ1) is 33.2. The molecule has 0 bridgehead atoms. The number of amides is 1. The zero-order chi connectivity index (χ0) is 48.5. The molecular weight excluding hydrogens is 819 g/mol. The molecule has 0 spiro atoms. The van der Waals surface area contributed by atoms with Crippen LogP contribution in [-0.4, -0.2) is 34.9 Å². The predicted octanol–water partition coefficient (Wildman–Crippen LogP) is 18.4. The summed E-state index contributed by atoms with van der Waals surface area (Å²) >= 11 is 0. The number of hydrogen-bond donors (Lipinski definition) is 3. The maximum atomic E-state index is 12.5. The molecule has 67 heavy (non-hydrogen) atoms. The monoisotopic (exact) mass is 922 g/mol. The van der Waals surface area contributed by atoms with Crippen LogP contribution < -0.4 is 5.32 Å². The lowest BCUT2D eigenvalue weighted by atomic mass is 10.1. The van der Waals surface area contributed by atoms with Gasteiger partial charge in [0.2, 0.25) is 5.91 Å². The van der Waals surface area contributed by atoms with E-state index in [1.807, 2.05) is 6.08 Å². The van der Waals surface area contributed by atoms with Crippen molar-refractivity contribution in [2.24, 2.45) is 0 Å². The van der Waals surface area contributed by atoms with Gasteiger partial charge in [-0.1, -0.05) is 250 Å². The molecule has 0 aromatic heterocycles. The van der Waals surface area contributed by atoms with Crippen molar-refractivity contribution in [2.45, 2.75) is 238 Å². The Balaban J connectivity index is 3.67. The summed E-state index contributed by atoms with van der Waals surface area (Å²) in [7, 11) is 0. The van der Waals surface area contributed by atoms with Crippen LogP contribution in [0.2, 0.25) is 0 Å². The van der Waals surface area contributed by atoms with Crippen LogP contribution >= 0.6 is 0 Å². The first kappa shape index (κ1) is 63.3. The zero-order valence-corrected chi connectivity index (χ0v) is 43.4. The summed E-state index contributed by atoms with van der Waals surface area (Å²) in [5, 5.41) is 23.1. The van der Waals surface area contributed by atoms with Crippen molar-refractivity contribution in [3.8, 4) is 0 Å². The second-order valence-corrected chi connectivity index (χ2v) is 17.9. The molecular formula is C63H103NO3. The molecule has 0 radical (unpaired) electrons. The summed E-state index contributed by atoms with van der Waals surface area (Å²) in [6.07, 6.45) is 89.9. The number of hydrogen-bond acceptors (Lipinski definition) is 3. The van der Waals surface area contributed by atoms with E-state index in [-0.39, 0.29) is 12.5 Å². The van der Waals surface area contributed by atoms with E-state index in [2.05, 4.69) is 153 Å². The molecule has 4 nitrogen and oxygen atoms in total. The number of aliphatic hydroxyl groups is 2. The van der Waals surface area contributed by atoms with Gasteiger partial charge >= 0.3 is 0 Å². The van der Waals surface area contributed by atoms with Crippen LogP contribution in [0.1, 0.15) is 226 Å². The molecule has 0 saturated carbocycles. The highest BCUT2D eigenvalue weighted by atomic mass is 16.3. The van der Waals surface area contributed by atoms with Gasteiger partial charge in [0.15, 0.2) is 0 Å². The number of allylic oxidation sites excluding steroid dienone is 23. The van der Waals surface area contributed by atoms with Crippen LogP contribution in [0.3, 0.4) is 0 Å². The quantitative estimate of drug-likeness (QED) is 0.0421. The molecule has 0 aromatic carbocycles. The van der Waals surface area contributed by atoms with E-state index >= 15 is 0 Å². The second kappa shape index (κ2) is 56.6. The Hall–Kier alpha value is -3.73. The van der Waals surface area contributed by atoms with Gasteiger partial charge in [-0.15, -0.1) is 0 Å². The van der Waals surface area contributed by atoms with E-state index in [4.69, 9.17) is 0 Å². The first-order valence-electron chi connectivity index (χ1n) is 27.5. The van der Waals surface area contributed by atoms with E-state index in [1.165, 1.54) is 103 Å². The van der Waals surface area contributed by atoms with Gasteiger partial charge in [-0.2, -0.15) is 0 Å². The molecule has 2 unspecified atom stereocenters. The van der Waals surface area contributed by atoms with Gasteiger partial charge in [0.1, 0.15) is 0 Å². The minimum absolute atomic E-state index is 0.0908. The third kappa shape index (κ3) is 53.1. The number of unbranched alkanes of at least 4 members (excludes halogenated alkanes) is 19. The lowest BCUT2D eigenvalue weighted by Crippen LogP contribution is -2.45. The highest BCUT2D eigenvalue weighted by Gasteiger charge is 2.17. The fourth-order valence-electron chi connectivity index (χ4n) is 7.38. The predicted molar refractivity (Wildman–Crippen MR) is 298 cm³/mol. The van der Waals surface area contributed by atoms with E-state index in [0.29, 0.717) is 6.42 Å². The molecule has 3 N–H and O–H groups in total. The Labute approximate surface area is 414 Å². The summed E-state index contributed by atoms with van der Waals surface area (Å²) < 4.78 is 0. The van der Waals surface area contributed by atoms with Crippen molar-refractivity contribution < 1.29 is 15.0 Å². The van der Waals surface area contributed by atoms with Crippen molar-refractivity contribution in [3.63, 3.8) is 0 Å². The number of aliphatic hydroxyl groups excluding tert-OH is 2. The minimum Gasteiger partial charge on any atom is -0.394 e. The Morgan fingerprint density at radius 2 is 0.672 bits per heavy atom. The van der Waals surface area contributed by atoms with Crippen molar-refractivity contribution >= 4 is 5.91 Å². The highest BCUT2D eigenvalue weighted by molar-refractivity contribution is 5.76. The molecule has 0 heterocycles. The zero-order valence-electron chi connectivity index (χ0n) is 43.4. The maximum Gasteiger partial charge on any atom is 0.220 e. The van der Waals surface area contributed by atoms with Gasteiger partial charge in [0.25, 0.3) is 0 Å². The molecule has 4 heteroatoms. The summed E-state index contributed by atoms with van der Waals surface area (Å²) in [5.74, 6) is -0.0908. The maximum absolute atomic E-state index is 12.5. The Bertz CT molecular complexity index is 1420. The van der Waals surface area contributed by atoms with E-state index < -0.39 is 12.1 Å². The number of carbonyl (C=O) groups is 1. The van der Waals surface area contributed by atoms with Crippen LogP contribution in [-0.2, 0) is 4.79 Å². The average Bonchev–Trinajstić information content (AvgIpc) is 3.33. The molecule has 0 aliphatic carbocycles. The highest BCUT2D eigenvalue weighted by Crippen LogP contribution is 2.13. The van der Waals surface area contributed by atoms with Crippen molar-refractivity contribution in [1.82, 2.24) is 5.32 Å². The molecule has 1 amide bonds. The number of carbonyl (C=O) groups excluding carboxylic acids is 1. The van der Waals surface area contributed by atoms with Gasteiger partial charge < -0.3 is 15.5 Å². The Morgan fingerprint density at radius 3 is 1.04 bits per heavy atom. The molecule has 0 fully saturated rings. The molecule has 0 aliphatic heterocycles. The molecule has 0 saturated heterocycles. The fourth-order valence-corrected chi connectivity index (χ4v) is 7.38. The standard InChI is InChI=1S/C63H103NO3/c1-3-5-7-9-11-13-15-17-19-21-23-24-25-26-27-28-29-30-31-32-33-34-35-36-37-38-39-40-41-43-45-47-49-51-53-55-57-59-63(67)64-61(60-65)62(66)58-56-54-52-50-48-46-44-42-22-20-18-16-14-12-10-8-6-4-2/h5,7,11,13,17,19,22-24,26-27,29-30,32-33,35-36,38-39,42,48,50,56,58,61-62,65-66H,3-4,6,8-10,12,14-16,18,20-21,25,28,31,34,37,40-41,43-47,49,51-55,57,59-60H2,1-2H3,(H,64,67)/b7-5-,13-11-,19-17-,24-23-,27-26-,30-29-,33-32-,36-35-,39-38-,42-22+,50-48+,58-56+. The number of rotatable bonds is 48. The third-order valence-corrected chi connectivity index (χ3v) is 11.5. The van der Waals surface area contributed by atoms with Crippen molar-refractivity contribution in [1.29, 1.82) is 0 Å². The van der Waals surface area contributed by atoms with Gasteiger partial charge in [-0.25, -0.2) is 0 Å². The van der Waals surface area contributed by atoms with E-state index in [9.17, 15) is 15.0 Å². The normalized spacial score (nSPS) is 14.0. The lowest BCUT2D eigenvalue weighted by molar-refractivity contribution is -0.123. The van der Waals surface area contributed by atoms with Crippen LogP contribution in [0.15, 0.2) is 146 Å². The summed E-state index contributed by atoms with van der Waals surface area (Å²) in [6.45, 7) is 4.16. The minimum atomic E-state index is -0.883. The van der Waals surface area contributed by atoms with Crippen molar-refractivity contribution in [3.05, 3.63) is 146 Å². The number of nitrogens with one attached hydrogen (secondary N) is 1. The topological polar surface area (TPSA) is 69.6 Å². The Kier molecular flexibility index (Phi) is 53.4. The lowest BCUT2D eigenvalue weighted by Gasteiger charge is -2.19. The molecule has 0 aromatic rings. The van der Waals surface area contributed by atoms with Gasteiger partial charge in [-0.3, -0.25) is 4.79 Å².